The zero-order valence-electron chi connectivity index (χ0n) is 15.4. The summed E-state index contributed by atoms with van der Waals surface area (Å²) < 4.78 is 41.3. The second-order valence-corrected chi connectivity index (χ2v) is 8.35. The molecule has 2 aliphatic heterocycles. The maximum atomic E-state index is 13.8. The molecule has 0 atom stereocenters. The van der Waals surface area contributed by atoms with Crippen LogP contribution in [0.4, 0.5) is 18.9 Å². The van der Waals surface area contributed by atoms with Gasteiger partial charge in [0.05, 0.1) is 12.1 Å². The number of carbonyl (C=O) groups excluding carboxylic acids is 1. The van der Waals surface area contributed by atoms with Gasteiger partial charge in [0.2, 0.25) is 0 Å². The molecule has 0 unspecified atom stereocenters. The van der Waals surface area contributed by atoms with Gasteiger partial charge in [0.25, 0.3) is 5.91 Å². The fourth-order valence-corrected chi connectivity index (χ4v) is 4.63. The second kappa shape index (κ2) is 6.08. The summed E-state index contributed by atoms with van der Waals surface area (Å²) >= 11 is 0. The molecule has 1 saturated heterocycles. The second-order valence-electron chi connectivity index (χ2n) is 8.35. The Morgan fingerprint density at radius 2 is 1.79 bits per heavy atom. The average molecular weight is 386 g/mol. The first kappa shape index (κ1) is 17.7. The number of hydrogen-bond acceptors (Lipinski definition) is 2. The molecule has 1 saturated carbocycles. The quantitative estimate of drug-likeness (QED) is 0.753. The van der Waals surface area contributed by atoms with Crippen molar-refractivity contribution in [3.8, 4) is 0 Å². The number of anilines is 1. The zero-order valence-corrected chi connectivity index (χ0v) is 15.4. The van der Waals surface area contributed by atoms with Crippen molar-refractivity contribution in [3.63, 3.8) is 0 Å². The van der Waals surface area contributed by atoms with Crippen molar-refractivity contribution >= 4 is 11.6 Å². The summed E-state index contributed by atoms with van der Waals surface area (Å²) in [4.78, 5) is 16.6. The Morgan fingerprint density at radius 3 is 2.43 bits per heavy atom. The summed E-state index contributed by atoms with van der Waals surface area (Å²) in [5, 5.41) is 0. The molecule has 1 amide bonds. The van der Waals surface area contributed by atoms with Gasteiger partial charge in [0, 0.05) is 24.3 Å². The van der Waals surface area contributed by atoms with Crippen molar-refractivity contribution in [2.75, 3.05) is 18.0 Å². The van der Waals surface area contributed by atoms with Crippen LogP contribution >= 0.6 is 0 Å². The number of benzene rings is 2. The molecule has 1 spiro atoms. The molecular formula is C22H21F3N2O. The number of para-hydroxylation sites is 1. The minimum absolute atomic E-state index is 0.0415. The average Bonchev–Trinajstić information content (AvgIpc) is 3.18. The first-order valence-electron chi connectivity index (χ1n) is 9.67. The van der Waals surface area contributed by atoms with Crippen molar-refractivity contribution < 1.29 is 18.0 Å². The molecule has 3 nitrogen and oxygen atoms in total. The molecule has 3 aliphatic rings. The Bertz CT molecular complexity index is 935. The SMILES string of the molecule is O=C1c2cc(CN3CCC4(CC4)C3)cc(C(F)(F)F)c2CN1c1ccccc1. The normalized spacial score (nSPS) is 20.8. The van der Waals surface area contributed by atoms with Gasteiger partial charge in [0.1, 0.15) is 0 Å². The molecule has 1 aliphatic carbocycles. The lowest BCUT2D eigenvalue weighted by Gasteiger charge is -2.18. The van der Waals surface area contributed by atoms with E-state index in [4.69, 9.17) is 0 Å². The van der Waals surface area contributed by atoms with Crippen molar-refractivity contribution in [3.05, 3.63) is 64.7 Å². The molecule has 146 valence electrons. The topological polar surface area (TPSA) is 23.6 Å². The summed E-state index contributed by atoms with van der Waals surface area (Å²) in [5.74, 6) is -0.353. The number of rotatable bonds is 3. The number of hydrogen-bond donors (Lipinski definition) is 0. The standard InChI is InChI=1S/C22H21F3N2O/c23-22(24,25)19-11-15(12-26-9-8-21(14-26)6-7-21)10-17-18(19)13-27(20(17)28)16-4-2-1-3-5-16/h1-5,10-11H,6-9,12-14H2. The molecule has 5 rings (SSSR count). The molecule has 0 N–H and O–H groups in total. The Labute approximate surface area is 161 Å². The van der Waals surface area contributed by atoms with Crippen molar-refractivity contribution in [2.24, 2.45) is 5.41 Å². The van der Waals surface area contributed by atoms with Crippen molar-refractivity contribution in [1.82, 2.24) is 4.90 Å². The van der Waals surface area contributed by atoms with Crippen LogP contribution in [0, 0.1) is 5.41 Å². The summed E-state index contributed by atoms with van der Waals surface area (Å²) in [7, 11) is 0. The summed E-state index contributed by atoms with van der Waals surface area (Å²) in [5.41, 5.74) is 1.22. The number of alkyl halides is 3. The minimum Gasteiger partial charge on any atom is -0.304 e. The largest absolute Gasteiger partial charge is 0.416 e. The van der Waals surface area contributed by atoms with E-state index in [0.29, 0.717) is 23.2 Å². The third-order valence-corrected chi connectivity index (χ3v) is 6.36. The molecule has 6 heteroatoms. The van der Waals surface area contributed by atoms with Gasteiger partial charge in [-0.3, -0.25) is 9.69 Å². The third-order valence-electron chi connectivity index (χ3n) is 6.36. The Balaban J connectivity index is 1.49. The van der Waals surface area contributed by atoms with Crippen LogP contribution in [0.2, 0.25) is 0 Å². The van der Waals surface area contributed by atoms with Crippen LogP contribution in [-0.4, -0.2) is 23.9 Å². The molecule has 0 bridgehead atoms. The van der Waals surface area contributed by atoms with Crippen molar-refractivity contribution in [1.29, 1.82) is 0 Å². The number of nitrogens with zero attached hydrogens (tertiary/aromatic N) is 2. The lowest BCUT2D eigenvalue weighted by atomic mass is 9.98. The van der Waals surface area contributed by atoms with Gasteiger partial charge < -0.3 is 4.90 Å². The van der Waals surface area contributed by atoms with E-state index < -0.39 is 11.7 Å². The van der Waals surface area contributed by atoms with Crippen LogP contribution in [0.3, 0.4) is 0 Å². The number of likely N-dealkylation sites (tertiary alicyclic amines) is 1. The number of amides is 1. The highest BCUT2D eigenvalue weighted by Crippen LogP contribution is 2.53. The van der Waals surface area contributed by atoms with Gasteiger partial charge >= 0.3 is 6.18 Å². The van der Waals surface area contributed by atoms with E-state index in [1.165, 1.54) is 23.8 Å². The van der Waals surface area contributed by atoms with Gasteiger partial charge in [-0.25, -0.2) is 0 Å². The Hall–Kier alpha value is -2.34. The van der Waals surface area contributed by atoms with Crippen LogP contribution in [0.1, 0.15) is 46.3 Å². The highest BCUT2D eigenvalue weighted by Gasteiger charge is 2.47. The Morgan fingerprint density at radius 1 is 1.04 bits per heavy atom. The van der Waals surface area contributed by atoms with Gasteiger partial charge in [0.15, 0.2) is 0 Å². The molecule has 2 heterocycles. The van der Waals surface area contributed by atoms with Gasteiger partial charge in [-0.05, 0) is 66.6 Å². The predicted molar refractivity (Wildman–Crippen MR) is 100.0 cm³/mol. The van der Waals surface area contributed by atoms with E-state index in [1.807, 2.05) is 6.07 Å². The molecular weight excluding hydrogens is 365 g/mol. The monoisotopic (exact) mass is 386 g/mol. The molecule has 2 aromatic rings. The lowest BCUT2D eigenvalue weighted by molar-refractivity contribution is -0.138. The van der Waals surface area contributed by atoms with Crippen LogP contribution in [0.25, 0.3) is 0 Å². The highest BCUT2D eigenvalue weighted by atomic mass is 19.4. The zero-order chi connectivity index (χ0) is 19.5. The van der Waals surface area contributed by atoms with Gasteiger partial charge in [-0.1, -0.05) is 18.2 Å². The fourth-order valence-electron chi connectivity index (χ4n) is 4.63. The van der Waals surface area contributed by atoms with E-state index in [-0.39, 0.29) is 23.6 Å². The molecule has 28 heavy (non-hydrogen) atoms. The number of halogens is 3. The number of fused-ring (bicyclic) bond motifs is 1. The minimum atomic E-state index is -4.48. The molecule has 2 fully saturated rings. The van der Waals surface area contributed by atoms with Crippen LogP contribution in [-0.2, 0) is 19.3 Å². The highest BCUT2D eigenvalue weighted by molar-refractivity contribution is 6.10. The maximum absolute atomic E-state index is 13.8. The maximum Gasteiger partial charge on any atom is 0.416 e. The molecule has 2 aromatic carbocycles. The predicted octanol–water partition coefficient (Wildman–Crippen LogP) is 4.85. The summed E-state index contributed by atoms with van der Waals surface area (Å²) in [6.07, 6.45) is -0.890. The molecule has 0 radical (unpaired) electrons. The first-order chi connectivity index (χ1) is 13.3. The van der Waals surface area contributed by atoms with Crippen molar-refractivity contribution in [2.45, 2.75) is 38.5 Å². The fraction of sp³-hybridized carbons (Fsp3) is 0.409. The van der Waals surface area contributed by atoms with E-state index in [1.54, 1.807) is 30.3 Å². The van der Waals surface area contributed by atoms with Gasteiger partial charge in [-0.2, -0.15) is 13.2 Å². The lowest BCUT2D eigenvalue weighted by Crippen LogP contribution is -2.23. The molecule has 0 aromatic heterocycles. The van der Waals surface area contributed by atoms with E-state index in [9.17, 15) is 18.0 Å². The number of carbonyl (C=O) groups is 1. The van der Waals surface area contributed by atoms with Crippen LogP contribution in [0.5, 0.6) is 0 Å². The van der Waals surface area contributed by atoms with Gasteiger partial charge in [-0.15, -0.1) is 0 Å². The first-order valence-corrected chi connectivity index (χ1v) is 9.67. The summed E-state index contributed by atoms with van der Waals surface area (Å²) in [6.45, 7) is 2.30. The Kier molecular flexibility index (Phi) is 3.85. The third kappa shape index (κ3) is 3.00. The van der Waals surface area contributed by atoms with Crippen LogP contribution in [0.15, 0.2) is 42.5 Å². The smallest absolute Gasteiger partial charge is 0.304 e. The van der Waals surface area contributed by atoms with Crippen LogP contribution < -0.4 is 4.90 Å². The van der Waals surface area contributed by atoms with E-state index >= 15 is 0 Å². The van der Waals surface area contributed by atoms with E-state index in [0.717, 1.165) is 19.5 Å². The van der Waals surface area contributed by atoms with E-state index in [2.05, 4.69) is 4.90 Å². The summed E-state index contributed by atoms with van der Waals surface area (Å²) in [6, 6.07) is 11.8.